The third-order valence-electron chi connectivity index (χ3n) is 7.04. The van der Waals surface area contributed by atoms with Gasteiger partial charge in [0.05, 0.1) is 11.2 Å². The minimum Gasteiger partial charge on any atom is -0.464 e. The van der Waals surface area contributed by atoms with Gasteiger partial charge in [0.2, 0.25) is 5.60 Å². The van der Waals surface area contributed by atoms with Gasteiger partial charge < -0.3 is 29.3 Å². The number of hydrogen-bond acceptors (Lipinski definition) is 11. The van der Waals surface area contributed by atoms with Gasteiger partial charge in [-0.1, -0.05) is 5.16 Å². The van der Waals surface area contributed by atoms with Crippen molar-refractivity contribution in [1.82, 2.24) is 25.0 Å². The Morgan fingerprint density at radius 1 is 1.23 bits per heavy atom. The van der Waals surface area contributed by atoms with Crippen LogP contribution in [-0.2, 0) is 15.1 Å². The highest BCUT2D eigenvalue weighted by Gasteiger charge is 2.48. The summed E-state index contributed by atoms with van der Waals surface area (Å²) in [5, 5.41) is 24.9. The lowest BCUT2D eigenvalue weighted by molar-refractivity contribution is -0.144. The summed E-state index contributed by atoms with van der Waals surface area (Å²) in [7, 11) is 1.63. The van der Waals surface area contributed by atoms with E-state index in [0.717, 1.165) is 12.8 Å². The quantitative estimate of drug-likeness (QED) is 0.484. The van der Waals surface area contributed by atoms with Crippen molar-refractivity contribution in [2.45, 2.75) is 57.2 Å². The molecule has 0 aromatic carbocycles. The maximum absolute atomic E-state index is 12.8. The lowest BCUT2D eigenvalue weighted by Gasteiger charge is -2.32. The van der Waals surface area contributed by atoms with E-state index in [2.05, 4.69) is 20.1 Å². The van der Waals surface area contributed by atoms with Gasteiger partial charge in [0, 0.05) is 45.1 Å². The fourth-order valence-electron chi connectivity index (χ4n) is 5.00. The number of piperidine rings is 1. The summed E-state index contributed by atoms with van der Waals surface area (Å²) in [6.07, 6.45) is 0.350. The largest absolute Gasteiger partial charge is 0.464 e. The summed E-state index contributed by atoms with van der Waals surface area (Å²) in [4.78, 5) is 54.1. The van der Waals surface area contributed by atoms with Crippen LogP contribution in [0.2, 0.25) is 0 Å². The number of carbonyl (C=O) groups excluding carboxylic acids is 2. The van der Waals surface area contributed by atoms with E-state index >= 15 is 0 Å². The van der Waals surface area contributed by atoms with E-state index in [1.165, 1.54) is 11.2 Å². The van der Waals surface area contributed by atoms with Crippen LogP contribution in [0.3, 0.4) is 0 Å². The number of carbonyl (C=O) groups is 3. The summed E-state index contributed by atoms with van der Waals surface area (Å²) in [6.45, 7) is 6.51. The van der Waals surface area contributed by atoms with Crippen molar-refractivity contribution in [1.29, 1.82) is 0 Å². The number of aromatic nitrogens is 4. The fourth-order valence-corrected chi connectivity index (χ4v) is 5.00. The molecule has 2 fully saturated rings. The molecule has 2 aliphatic heterocycles. The molecule has 2 atom stereocenters. The molecule has 5 heterocycles. The number of hydrogen-bond donors (Lipinski definition) is 2. The molecular weight excluding hydrogens is 522 g/mol. The Kier molecular flexibility index (Phi) is 6.82. The maximum Gasteiger partial charge on any atom is 0.425 e. The summed E-state index contributed by atoms with van der Waals surface area (Å²) in [5.41, 5.74) is -1.52. The number of ether oxygens (including phenoxy) is 1. The maximum atomic E-state index is 12.8. The van der Waals surface area contributed by atoms with Gasteiger partial charge in [-0.15, -0.1) is 0 Å². The molecule has 0 bridgehead atoms. The number of anilines is 2. The summed E-state index contributed by atoms with van der Waals surface area (Å²) in [6, 6.07) is 5.11. The molecule has 1 unspecified atom stereocenters. The van der Waals surface area contributed by atoms with E-state index in [1.807, 2.05) is 4.90 Å². The third kappa shape index (κ3) is 5.01. The van der Waals surface area contributed by atoms with Gasteiger partial charge in [-0.2, -0.15) is 4.90 Å². The molecule has 2 N–H and O–H groups in total. The second-order valence-corrected chi connectivity index (χ2v) is 11.1. The van der Waals surface area contributed by atoms with Crippen LogP contribution in [0.15, 0.2) is 29.0 Å². The number of likely N-dealkylation sites (tertiary alicyclic amines) is 1. The Hall–Kier alpha value is -4.33. The van der Waals surface area contributed by atoms with E-state index in [0.29, 0.717) is 41.6 Å². The predicted molar refractivity (Wildman–Crippen MR) is 141 cm³/mol. The number of amides is 3. The van der Waals surface area contributed by atoms with Crippen LogP contribution in [0.1, 0.15) is 57.4 Å². The Morgan fingerprint density at radius 3 is 2.67 bits per heavy atom. The molecule has 3 amide bonds. The minimum atomic E-state index is -1.71. The van der Waals surface area contributed by atoms with Crippen LogP contribution in [0.25, 0.3) is 11.0 Å². The first kappa shape index (κ1) is 27.2. The van der Waals surface area contributed by atoms with Crippen LogP contribution in [0.5, 0.6) is 0 Å². The third-order valence-corrected chi connectivity index (χ3v) is 7.04. The number of pyridine rings is 1. The zero-order valence-electron chi connectivity index (χ0n) is 22.7. The Morgan fingerprint density at radius 2 is 2.00 bits per heavy atom. The molecule has 14 heteroatoms. The van der Waals surface area contributed by atoms with Gasteiger partial charge in [-0.25, -0.2) is 24.5 Å². The topological polar surface area (TPSA) is 175 Å². The van der Waals surface area contributed by atoms with Crippen LogP contribution in [-0.4, -0.2) is 85.6 Å². The van der Waals surface area contributed by atoms with Crippen molar-refractivity contribution in [2.24, 2.45) is 0 Å². The van der Waals surface area contributed by atoms with Gasteiger partial charge in [-0.05, 0) is 45.7 Å². The van der Waals surface area contributed by atoms with E-state index < -0.39 is 29.3 Å². The number of fused-ring (bicyclic) bond motifs is 1. The van der Waals surface area contributed by atoms with Crippen LogP contribution >= 0.6 is 0 Å². The van der Waals surface area contributed by atoms with E-state index in [4.69, 9.17) is 9.26 Å². The van der Waals surface area contributed by atoms with Crippen molar-refractivity contribution in [3.63, 3.8) is 0 Å². The van der Waals surface area contributed by atoms with Gasteiger partial charge in [0.25, 0.3) is 5.91 Å². The molecule has 0 spiro atoms. The zero-order valence-corrected chi connectivity index (χ0v) is 22.7. The summed E-state index contributed by atoms with van der Waals surface area (Å²) < 4.78 is 10.7. The normalized spacial score (nSPS) is 21.6. The van der Waals surface area contributed by atoms with Crippen LogP contribution in [0.4, 0.5) is 21.2 Å². The Bertz CT molecular complexity index is 1470. The molecule has 3 aromatic rings. The minimum absolute atomic E-state index is 0.0645. The summed E-state index contributed by atoms with van der Waals surface area (Å²) >= 11 is 0. The number of rotatable bonds is 4. The molecule has 0 aliphatic carbocycles. The van der Waals surface area contributed by atoms with Crippen molar-refractivity contribution in [3.05, 3.63) is 36.0 Å². The lowest BCUT2D eigenvalue weighted by Crippen LogP contribution is -2.41. The van der Waals surface area contributed by atoms with Crippen molar-refractivity contribution >= 4 is 40.8 Å². The Balaban J connectivity index is 1.42. The first-order valence-electron chi connectivity index (χ1n) is 12.9. The smallest absolute Gasteiger partial charge is 0.425 e. The number of likely N-dealkylation sites (N-methyl/N-ethyl adjacent to an activating group) is 1. The van der Waals surface area contributed by atoms with Crippen LogP contribution in [0, 0.1) is 0 Å². The molecule has 2 aliphatic rings. The standard InChI is InChI=1S/C26H31N7O7/c1-25(2,3)39-24(37)33(23(35)36)21-20-16(27-14-28-21)7-8-19(29-20)32-10-5-6-15(13-32)17-12-18(40-30-17)26(38)9-11-31(4)22(26)34/h7-8,12,14-15,38H,5-6,9-11,13H2,1-4H3,(H,35,36)/t15?,26-/m1/s1. The molecule has 40 heavy (non-hydrogen) atoms. The average molecular weight is 554 g/mol. The zero-order chi connectivity index (χ0) is 28.8. The van der Waals surface area contributed by atoms with E-state index in [1.54, 1.807) is 46.0 Å². The average Bonchev–Trinajstić information content (AvgIpc) is 3.50. The SMILES string of the molecule is CN1CC[C@@](O)(c2cc(C3CCCN(c4ccc5ncnc(N(C(=O)O)C(=O)OC(C)(C)C)c5n4)C3)no2)C1=O. The number of imide groups is 1. The first-order valence-corrected chi connectivity index (χ1v) is 12.9. The molecular formula is C26H31N7O7. The predicted octanol–water partition coefficient (Wildman–Crippen LogP) is 2.87. The van der Waals surface area contributed by atoms with Crippen molar-refractivity contribution in [3.8, 4) is 0 Å². The molecule has 0 radical (unpaired) electrons. The Labute approximate surface area is 229 Å². The van der Waals surface area contributed by atoms with Gasteiger partial charge in [0.15, 0.2) is 11.6 Å². The molecule has 5 rings (SSSR count). The van der Waals surface area contributed by atoms with Gasteiger partial charge >= 0.3 is 12.2 Å². The first-order chi connectivity index (χ1) is 18.9. The molecule has 2 saturated heterocycles. The molecule has 14 nitrogen and oxygen atoms in total. The van der Waals surface area contributed by atoms with E-state index in [-0.39, 0.29) is 29.4 Å². The highest BCUT2D eigenvalue weighted by atomic mass is 16.6. The van der Waals surface area contributed by atoms with Crippen LogP contribution < -0.4 is 9.80 Å². The summed E-state index contributed by atoms with van der Waals surface area (Å²) in [5.74, 6) is -0.0121. The highest BCUT2D eigenvalue weighted by Crippen LogP contribution is 2.36. The number of aliphatic hydroxyl groups is 1. The van der Waals surface area contributed by atoms with Gasteiger partial charge in [-0.3, -0.25) is 4.79 Å². The van der Waals surface area contributed by atoms with Gasteiger partial charge in [0.1, 0.15) is 23.3 Å². The fraction of sp³-hybridized carbons (Fsp3) is 0.500. The van der Waals surface area contributed by atoms with Crippen molar-refractivity contribution in [2.75, 3.05) is 36.5 Å². The number of nitrogens with zero attached hydrogens (tertiary/aromatic N) is 7. The number of carboxylic acid groups (broad SMARTS) is 1. The molecule has 0 saturated carbocycles. The van der Waals surface area contributed by atoms with Crippen molar-refractivity contribution < 1.29 is 33.9 Å². The van der Waals surface area contributed by atoms with E-state index in [9.17, 15) is 24.6 Å². The highest BCUT2D eigenvalue weighted by molar-refractivity contribution is 6.12. The monoisotopic (exact) mass is 553 g/mol. The second-order valence-electron chi connectivity index (χ2n) is 11.1. The second kappa shape index (κ2) is 10.0. The molecule has 3 aromatic heterocycles. The molecule has 212 valence electrons. The lowest BCUT2D eigenvalue weighted by atomic mass is 9.92.